The van der Waals surface area contributed by atoms with Gasteiger partial charge in [0.15, 0.2) is 0 Å². The van der Waals surface area contributed by atoms with Crippen LogP contribution in [0.15, 0.2) is 54.7 Å². The minimum Gasteiger partial charge on any atom is -0.361 e. The minimum atomic E-state index is -4.38. The molecule has 0 saturated carbocycles. The predicted octanol–water partition coefficient (Wildman–Crippen LogP) is 5.28. The minimum absolute atomic E-state index is 0.0745. The van der Waals surface area contributed by atoms with Gasteiger partial charge in [0.25, 0.3) is 0 Å². The molecule has 0 atom stereocenters. The van der Waals surface area contributed by atoms with Crippen LogP contribution in [0.5, 0.6) is 0 Å². The number of amides is 2. The van der Waals surface area contributed by atoms with E-state index in [-0.39, 0.29) is 12.6 Å². The lowest BCUT2D eigenvalue weighted by Crippen LogP contribution is -2.43. The second-order valence-corrected chi connectivity index (χ2v) is 7.41. The summed E-state index contributed by atoms with van der Waals surface area (Å²) in [5.41, 5.74) is 2.12. The summed E-state index contributed by atoms with van der Waals surface area (Å²) in [5, 5.41) is 3.96. The fraction of sp³-hybridized carbons (Fsp3) is 0.318. The van der Waals surface area contributed by atoms with Crippen LogP contribution >= 0.6 is 0 Å². The van der Waals surface area contributed by atoms with E-state index in [4.69, 9.17) is 0 Å². The van der Waals surface area contributed by atoms with Crippen molar-refractivity contribution in [3.05, 3.63) is 71.4 Å². The molecule has 1 saturated heterocycles. The van der Waals surface area contributed by atoms with Gasteiger partial charge in [-0.2, -0.15) is 13.2 Å². The zero-order valence-electron chi connectivity index (χ0n) is 15.8. The van der Waals surface area contributed by atoms with Gasteiger partial charge in [-0.05, 0) is 48.1 Å². The SMILES string of the molecule is O=C(NCc1cccc(C(F)(F)F)c1)N1CCC(c2c[nH]c3ccccc23)CC1. The first-order valence-electron chi connectivity index (χ1n) is 9.67. The summed E-state index contributed by atoms with van der Waals surface area (Å²) in [6, 6.07) is 13.0. The van der Waals surface area contributed by atoms with Gasteiger partial charge >= 0.3 is 12.2 Å². The van der Waals surface area contributed by atoms with E-state index >= 15 is 0 Å². The van der Waals surface area contributed by atoms with E-state index in [1.54, 1.807) is 11.0 Å². The number of H-pyrrole nitrogens is 1. The van der Waals surface area contributed by atoms with E-state index in [9.17, 15) is 18.0 Å². The predicted molar refractivity (Wildman–Crippen MR) is 106 cm³/mol. The zero-order valence-corrected chi connectivity index (χ0v) is 15.8. The molecule has 1 aromatic heterocycles. The first kappa shape index (κ1) is 19.4. The number of aromatic nitrogens is 1. The highest BCUT2D eigenvalue weighted by Gasteiger charge is 2.30. The van der Waals surface area contributed by atoms with Gasteiger partial charge < -0.3 is 15.2 Å². The lowest BCUT2D eigenvalue weighted by Gasteiger charge is -2.32. The Bertz CT molecular complexity index is 1000. The Balaban J connectivity index is 1.33. The van der Waals surface area contributed by atoms with E-state index in [0.29, 0.717) is 24.6 Å². The van der Waals surface area contributed by atoms with Crippen LogP contribution in [0.4, 0.5) is 18.0 Å². The lowest BCUT2D eigenvalue weighted by molar-refractivity contribution is -0.137. The smallest absolute Gasteiger partial charge is 0.361 e. The van der Waals surface area contributed by atoms with Crippen LogP contribution in [0.2, 0.25) is 0 Å². The molecule has 2 N–H and O–H groups in total. The normalized spacial score (nSPS) is 15.6. The summed E-state index contributed by atoms with van der Waals surface area (Å²) in [7, 11) is 0. The summed E-state index contributed by atoms with van der Waals surface area (Å²) in [6.07, 6.45) is -0.610. The molecule has 0 spiro atoms. The molecule has 0 radical (unpaired) electrons. The van der Waals surface area contributed by atoms with Crippen LogP contribution in [0.25, 0.3) is 10.9 Å². The average Bonchev–Trinajstić information content (AvgIpc) is 3.16. The van der Waals surface area contributed by atoms with E-state index < -0.39 is 11.7 Å². The topological polar surface area (TPSA) is 48.1 Å². The molecule has 7 heteroatoms. The number of alkyl halides is 3. The van der Waals surface area contributed by atoms with Gasteiger partial charge in [-0.1, -0.05) is 30.3 Å². The highest BCUT2D eigenvalue weighted by atomic mass is 19.4. The summed E-state index contributed by atoms with van der Waals surface area (Å²) in [4.78, 5) is 17.5. The van der Waals surface area contributed by atoms with Gasteiger partial charge in [0.05, 0.1) is 5.56 Å². The first-order valence-corrected chi connectivity index (χ1v) is 9.67. The number of likely N-dealkylation sites (tertiary alicyclic amines) is 1. The quantitative estimate of drug-likeness (QED) is 0.617. The number of rotatable bonds is 3. The molecule has 1 fully saturated rings. The fourth-order valence-electron chi connectivity index (χ4n) is 3.97. The molecule has 3 aromatic rings. The Morgan fingerprint density at radius 1 is 1.10 bits per heavy atom. The molecule has 0 aliphatic carbocycles. The number of nitrogens with zero attached hydrogens (tertiary/aromatic N) is 1. The van der Waals surface area contributed by atoms with Crippen LogP contribution in [0, 0.1) is 0 Å². The Morgan fingerprint density at radius 3 is 2.62 bits per heavy atom. The number of carbonyl (C=O) groups excluding carboxylic acids is 1. The number of aromatic amines is 1. The third-order valence-corrected chi connectivity index (χ3v) is 5.54. The number of piperidine rings is 1. The van der Waals surface area contributed by atoms with Gasteiger partial charge in [-0.3, -0.25) is 0 Å². The highest BCUT2D eigenvalue weighted by molar-refractivity contribution is 5.83. The third-order valence-electron chi connectivity index (χ3n) is 5.54. The second-order valence-electron chi connectivity index (χ2n) is 7.41. The second kappa shape index (κ2) is 7.81. The molecule has 2 amide bonds. The van der Waals surface area contributed by atoms with Crippen LogP contribution < -0.4 is 5.32 Å². The van der Waals surface area contributed by atoms with Gasteiger partial charge in [0, 0.05) is 36.7 Å². The molecule has 4 nitrogen and oxygen atoms in total. The van der Waals surface area contributed by atoms with E-state index in [0.717, 1.165) is 30.5 Å². The summed E-state index contributed by atoms with van der Waals surface area (Å²) >= 11 is 0. The Kier molecular flexibility index (Phi) is 5.22. The Morgan fingerprint density at radius 2 is 1.86 bits per heavy atom. The van der Waals surface area contributed by atoms with Crippen LogP contribution in [-0.4, -0.2) is 29.0 Å². The van der Waals surface area contributed by atoms with Gasteiger partial charge in [-0.15, -0.1) is 0 Å². The van der Waals surface area contributed by atoms with Crippen molar-refractivity contribution in [2.45, 2.75) is 31.5 Å². The average molecular weight is 401 g/mol. The van der Waals surface area contributed by atoms with E-state index in [2.05, 4.69) is 28.6 Å². The number of urea groups is 1. The largest absolute Gasteiger partial charge is 0.416 e. The Hall–Kier alpha value is -2.96. The Labute approximate surface area is 166 Å². The molecule has 1 aliphatic heterocycles. The molecule has 1 aliphatic rings. The van der Waals surface area contributed by atoms with Gasteiger partial charge in [-0.25, -0.2) is 4.79 Å². The molecule has 4 rings (SSSR count). The maximum Gasteiger partial charge on any atom is 0.416 e. The maximum atomic E-state index is 12.8. The molecular weight excluding hydrogens is 379 g/mol. The standard InChI is InChI=1S/C22H22F3N3O/c23-22(24,25)17-5-3-4-15(12-17)13-27-21(29)28-10-8-16(9-11-28)19-14-26-20-7-2-1-6-18(19)20/h1-7,12,14,16,26H,8-11,13H2,(H,27,29). The zero-order chi connectivity index (χ0) is 20.4. The van der Waals surface area contributed by atoms with Crippen molar-refractivity contribution in [2.75, 3.05) is 13.1 Å². The number of benzene rings is 2. The number of halogens is 3. The number of nitrogens with one attached hydrogen (secondary N) is 2. The van der Waals surface area contributed by atoms with E-state index in [1.165, 1.54) is 17.0 Å². The lowest BCUT2D eigenvalue weighted by atomic mass is 9.89. The number of para-hydroxylation sites is 1. The molecular formula is C22H22F3N3O. The number of fused-ring (bicyclic) bond motifs is 1. The number of hydrogen-bond donors (Lipinski definition) is 2. The van der Waals surface area contributed by atoms with Gasteiger partial charge in [0.2, 0.25) is 0 Å². The number of hydrogen-bond acceptors (Lipinski definition) is 1. The van der Waals surface area contributed by atoms with Crippen molar-refractivity contribution >= 4 is 16.9 Å². The summed E-state index contributed by atoms with van der Waals surface area (Å²) in [6.45, 7) is 1.32. The molecule has 2 aromatic carbocycles. The summed E-state index contributed by atoms with van der Waals surface area (Å²) in [5.74, 6) is 0.388. The molecule has 29 heavy (non-hydrogen) atoms. The summed E-state index contributed by atoms with van der Waals surface area (Å²) < 4.78 is 38.4. The van der Waals surface area contributed by atoms with Gasteiger partial charge in [0.1, 0.15) is 0 Å². The van der Waals surface area contributed by atoms with Crippen molar-refractivity contribution in [1.29, 1.82) is 0 Å². The molecule has 152 valence electrons. The first-order chi connectivity index (χ1) is 13.9. The number of carbonyl (C=O) groups is 1. The fourth-order valence-corrected chi connectivity index (χ4v) is 3.97. The van der Waals surface area contributed by atoms with Crippen LogP contribution in [0.3, 0.4) is 0 Å². The van der Waals surface area contributed by atoms with Crippen LogP contribution in [-0.2, 0) is 12.7 Å². The molecule has 0 bridgehead atoms. The highest BCUT2D eigenvalue weighted by Crippen LogP contribution is 2.33. The van der Waals surface area contributed by atoms with E-state index in [1.807, 2.05) is 12.1 Å². The van der Waals surface area contributed by atoms with Crippen LogP contribution in [0.1, 0.15) is 35.4 Å². The van der Waals surface area contributed by atoms with Crippen molar-refractivity contribution in [2.24, 2.45) is 0 Å². The van der Waals surface area contributed by atoms with Crippen molar-refractivity contribution in [3.63, 3.8) is 0 Å². The molecule has 2 heterocycles. The molecule has 0 unspecified atom stereocenters. The van der Waals surface area contributed by atoms with Crippen molar-refractivity contribution < 1.29 is 18.0 Å². The maximum absolute atomic E-state index is 12.8. The third kappa shape index (κ3) is 4.23. The van der Waals surface area contributed by atoms with Crippen molar-refractivity contribution in [1.82, 2.24) is 15.2 Å². The monoisotopic (exact) mass is 401 g/mol. The van der Waals surface area contributed by atoms with Crippen molar-refractivity contribution in [3.8, 4) is 0 Å².